The first-order valence-corrected chi connectivity index (χ1v) is 7.56. The first kappa shape index (κ1) is 17.4. The molecule has 2 amide bonds. The van der Waals surface area contributed by atoms with E-state index in [1.54, 1.807) is 6.20 Å². The number of carbonyl (C=O) groups is 1. The summed E-state index contributed by atoms with van der Waals surface area (Å²) < 4.78 is 5.69. The summed E-state index contributed by atoms with van der Waals surface area (Å²) in [7, 11) is 0. The van der Waals surface area contributed by atoms with Gasteiger partial charge in [-0.15, -0.1) is 0 Å². The van der Waals surface area contributed by atoms with E-state index < -0.39 is 6.03 Å². The molecule has 0 bridgehead atoms. The molecule has 126 valence electrons. The first-order chi connectivity index (χ1) is 11.6. The quantitative estimate of drug-likeness (QED) is 0.427. The van der Waals surface area contributed by atoms with Gasteiger partial charge in [0.05, 0.1) is 18.8 Å². The molecule has 1 atom stereocenters. The summed E-state index contributed by atoms with van der Waals surface area (Å²) in [6.07, 6.45) is 1.32. The van der Waals surface area contributed by atoms with E-state index in [2.05, 4.69) is 20.6 Å². The molecular weight excluding hydrogens is 306 g/mol. The van der Waals surface area contributed by atoms with Crippen molar-refractivity contribution in [2.45, 2.75) is 26.3 Å². The Bertz CT molecular complexity index is 661. The predicted octanol–water partition coefficient (Wildman–Crippen LogP) is 1.76. The number of hydrogen-bond acceptors (Lipinski definition) is 4. The normalized spacial score (nSPS) is 12.5. The third-order valence-corrected chi connectivity index (χ3v) is 3.05. The zero-order chi connectivity index (χ0) is 17.2. The van der Waals surface area contributed by atoms with Gasteiger partial charge in [0.2, 0.25) is 5.96 Å². The van der Waals surface area contributed by atoms with Crippen LogP contribution in [-0.4, -0.2) is 23.2 Å². The lowest BCUT2D eigenvalue weighted by Gasteiger charge is -2.17. The summed E-state index contributed by atoms with van der Waals surface area (Å²) in [6.45, 7) is 2.58. The average molecular weight is 327 g/mol. The van der Waals surface area contributed by atoms with Crippen molar-refractivity contribution in [1.82, 2.24) is 15.6 Å². The molecule has 0 spiro atoms. The maximum absolute atomic E-state index is 11.1. The zero-order valence-corrected chi connectivity index (χ0v) is 13.5. The average Bonchev–Trinajstić information content (AvgIpc) is 2.59. The van der Waals surface area contributed by atoms with Crippen LogP contribution in [0.5, 0.6) is 0 Å². The maximum Gasteiger partial charge on any atom is 0.318 e. The number of amides is 2. The highest BCUT2D eigenvalue weighted by molar-refractivity contribution is 5.95. The number of nitrogens with zero attached hydrogens (tertiary/aromatic N) is 2. The van der Waals surface area contributed by atoms with Crippen LogP contribution in [0.3, 0.4) is 0 Å². The van der Waals surface area contributed by atoms with Crippen LogP contribution in [0, 0.1) is 0 Å². The number of urea groups is 1. The van der Waals surface area contributed by atoms with Crippen LogP contribution in [-0.2, 0) is 17.9 Å². The van der Waals surface area contributed by atoms with E-state index in [9.17, 15) is 4.79 Å². The van der Waals surface area contributed by atoms with Gasteiger partial charge in [-0.25, -0.2) is 9.79 Å². The smallest absolute Gasteiger partial charge is 0.318 e. The van der Waals surface area contributed by atoms with Crippen LogP contribution in [0.15, 0.2) is 59.7 Å². The Morgan fingerprint density at radius 1 is 1.25 bits per heavy atom. The molecule has 0 saturated heterocycles. The van der Waals surface area contributed by atoms with Gasteiger partial charge in [0, 0.05) is 6.20 Å². The first-order valence-electron chi connectivity index (χ1n) is 7.56. The Morgan fingerprint density at radius 3 is 2.67 bits per heavy atom. The van der Waals surface area contributed by atoms with Crippen molar-refractivity contribution in [3.05, 3.63) is 66.0 Å². The van der Waals surface area contributed by atoms with E-state index in [-0.39, 0.29) is 12.2 Å². The number of primary amides is 1. The molecule has 1 unspecified atom stereocenters. The number of aromatic nitrogens is 1. The van der Waals surface area contributed by atoms with Gasteiger partial charge in [-0.3, -0.25) is 10.3 Å². The molecule has 0 aliphatic heterocycles. The highest BCUT2D eigenvalue weighted by atomic mass is 16.5. The number of nitrogens with one attached hydrogen (secondary N) is 2. The lowest BCUT2D eigenvalue weighted by atomic mass is 10.2. The number of rotatable bonds is 6. The van der Waals surface area contributed by atoms with Gasteiger partial charge in [0.15, 0.2) is 0 Å². The van der Waals surface area contributed by atoms with E-state index in [0.29, 0.717) is 13.2 Å². The Morgan fingerprint density at radius 2 is 2.00 bits per heavy atom. The number of nitrogens with two attached hydrogens (primary N) is 1. The molecule has 7 heteroatoms. The standard InChI is InChI=1S/C17H21N5O2/c1-13(24-12-14-7-3-2-4-8-14)21-17(22-16(18)23)20-11-15-9-5-6-10-19-15/h2-10,13H,11-12H2,1H3,(H4,18,20,21,22,23). The molecule has 4 N–H and O–H groups in total. The minimum Gasteiger partial charge on any atom is -0.354 e. The molecule has 1 heterocycles. The van der Waals surface area contributed by atoms with Crippen molar-refractivity contribution in [2.24, 2.45) is 10.7 Å². The predicted molar refractivity (Wildman–Crippen MR) is 91.9 cm³/mol. The summed E-state index contributed by atoms with van der Waals surface area (Å²) in [5.74, 6) is 0.244. The van der Waals surface area contributed by atoms with Crippen molar-refractivity contribution >= 4 is 12.0 Å². The van der Waals surface area contributed by atoms with Crippen LogP contribution in [0.1, 0.15) is 18.2 Å². The fourth-order valence-corrected chi connectivity index (χ4v) is 1.92. The summed E-state index contributed by atoms with van der Waals surface area (Å²) in [6, 6.07) is 14.7. The number of ether oxygens (including phenoxy) is 1. The van der Waals surface area contributed by atoms with Gasteiger partial charge in [-0.2, -0.15) is 0 Å². The summed E-state index contributed by atoms with van der Waals surface area (Å²) >= 11 is 0. The Balaban J connectivity index is 1.90. The van der Waals surface area contributed by atoms with Crippen molar-refractivity contribution in [3.63, 3.8) is 0 Å². The lowest BCUT2D eigenvalue weighted by molar-refractivity contribution is 0.0430. The van der Waals surface area contributed by atoms with E-state index in [1.807, 2.05) is 55.5 Å². The van der Waals surface area contributed by atoms with Crippen molar-refractivity contribution in [2.75, 3.05) is 0 Å². The van der Waals surface area contributed by atoms with E-state index >= 15 is 0 Å². The Hall–Kier alpha value is -2.93. The van der Waals surface area contributed by atoms with Gasteiger partial charge >= 0.3 is 6.03 Å². The second kappa shape index (κ2) is 9.26. The Labute approximate surface area is 141 Å². The van der Waals surface area contributed by atoms with Crippen LogP contribution in [0.25, 0.3) is 0 Å². The minimum absolute atomic E-state index is 0.244. The van der Waals surface area contributed by atoms with Gasteiger partial charge in [0.25, 0.3) is 0 Å². The molecule has 0 fully saturated rings. The van der Waals surface area contributed by atoms with Gasteiger partial charge < -0.3 is 15.8 Å². The summed E-state index contributed by atoms with van der Waals surface area (Å²) in [4.78, 5) is 19.6. The molecular formula is C17H21N5O2. The van der Waals surface area contributed by atoms with Gasteiger partial charge in [0.1, 0.15) is 6.23 Å². The summed E-state index contributed by atoms with van der Waals surface area (Å²) in [5, 5.41) is 5.43. The fraction of sp³-hybridized carbons (Fsp3) is 0.235. The topological polar surface area (TPSA) is 102 Å². The minimum atomic E-state index is -0.697. The number of aliphatic imine (C=N–C) groups is 1. The molecule has 2 rings (SSSR count). The largest absolute Gasteiger partial charge is 0.354 e. The third-order valence-electron chi connectivity index (χ3n) is 3.05. The molecule has 0 saturated carbocycles. The molecule has 7 nitrogen and oxygen atoms in total. The fourth-order valence-electron chi connectivity index (χ4n) is 1.92. The molecule has 0 aliphatic carbocycles. The second-order valence-corrected chi connectivity index (χ2v) is 5.06. The monoisotopic (exact) mass is 327 g/mol. The molecule has 2 aromatic rings. The van der Waals surface area contributed by atoms with Crippen LogP contribution in [0.4, 0.5) is 4.79 Å². The number of benzene rings is 1. The zero-order valence-electron chi connectivity index (χ0n) is 13.5. The van der Waals surface area contributed by atoms with Crippen LogP contribution < -0.4 is 16.4 Å². The molecule has 0 aliphatic rings. The molecule has 0 radical (unpaired) electrons. The molecule has 24 heavy (non-hydrogen) atoms. The maximum atomic E-state index is 11.1. The van der Waals surface area contributed by atoms with E-state index in [1.165, 1.54) is 0 Å². The highest BCUT2D eigenvalue weighted by Gasteiger charge is 2.08. The number of hydrogen-bond donors (Lipinski definition) is 3. The third kappa shape index (κ3) is 6.45. The van der Waals surface area contributed by atoms with Crippen LogP contribution >= 0.6 is 0 Å². The van der Waals surface area contributed by atoms with Gasteiger partial charge in [-0.05, 0) is 24.6 Å². The molecule has 1 aromatic carbocycles. The van der Waals surface area contributed by atoms with Gasteiger partial charge in [-0.1, -0.05) is 36.4 Å². The van der Waals surface area contributed by atoms with Crippen molar-refractivity contribution < 1.29 is 9.53 Å². The SMILES string of the molecule is CC(NC(=NCc1ccccn1)NC(N)=O)OCc1ccccc1. The van der Waals surface area contributed by atoms with Crippen molar-refractivity contribution in [3.8, 4) is 0 Å². The molecule has 1 aromatic heterocycles. The van der Waals surface area contributed by atoms with E-state index in [4.69, 9.17) is 10.5 Å². The highest BCUT2D eigenvalue weighted by Crippen LogP contribution is 2.02. The lowest BCUT2D eigenvalue weighted by Crippen LogP contribution is -2.47. The van der Waals surface area contributed by atoms with E-state index in [0.717, 1.165) is 11.3 Å². The van der Waals surface area contributed by atoms with Crippen molar-refractivity contribution in [1.29, 1.82) is 0 Å². The number of guanidine groups is 1. The van der Waals surface area contributed by atoms with Crippen LogP contribution in [0.2, 0.25) is 0 Å². The number of carbonyl (C=O) groups excluding carboxylic acids is 1. The Kier molecular flexibility index (Phi) is 6.73. The number of pyridine rings is 1. The summed E-state index contributed by atoms with van der Waals surface area (Å²) in [5.41, 5.74) is 7.01. The second-order valence-electron chi connectivity index (χ2n) is 5.06.